The van der Waals surface area contributed by atoms with Gasteiger partial charge in [-0.1, -0.05) is 20.8 Å². The van der Waals surface area contributed by atoms with Crippen LogP contribution in [-0.4, -0.2) is 25.0 Å². The zero-order valence-electron chi connectivity index (χ0n) is 9.52. The van der Waals surface area contributed by atoms with Gasteiger partial charge in [-0.25, -0.2) is 0 Å². The Morgan fingerprint density at radius 2 is 2.21 bits per heavy atom. The molecule has 0 aromatic carbocycles. The molecule has 1 unspecified atom stereocenters. The summed E-state index contributed by atoms with van der Waals surface area (Å²) in [6.45, 7) is 8.28. The summed E-state index contributed by atoms with van der Waals surface area (Å²) in [6.07, 6.45) is 2.90. The molecule has 2 N–H and O–H groups in total. The second kappa shape index (κ2) is 4.78. The topological polar surface area (TPSA) is 41.1 Å². The van der Waals surface area contributed by atoms with Gasteiger partial charge in [0.25, 0.3) is 0 Å². The van der Waals surface area contributed by atoms with E-state index in [0.29, 0.717) is 12.5 Å². The van der Waals surface area contributed by atoms with Gasteiger partial charge in [0.1, 0.15) is 0 Å². The van der Waals surface area contributed by atoms with Gasteiger partial charge in [0.05, 0.1) is 0 Å². The monoisotopic (exact) mass is 198 g/mol. The van der Waals surface area contributed by atoms with Gasteiger partial charge in [-0.3, -0.25) is 4.79 Å². The number of piperidine rings is 1. The summed E-state index contributed by atoms with van der Waals surface area (Å²) in [6, 6.07) is 0.346. The minimum atomic E-state index is 0.0895. The molecule has 1 aliphatic rings. The predicted molar refractivity (Wildman–Crippen MR) is 58.1 cm³/mol. The van der Waals surface area contributed by atoms with E-state index in [-0.39, 0.29) is 11.3 Å². The third-order valence-electron chi connectivity index (χ3n) is 2.35. The fourth-order valence-corrected chi connectivity index (χ4v) is 1.74. The Hall–Kier alpha value is -0.570. The van der Waals surface area contributed by atoms with E-state index in [9.17, 15) is 4.79 Å². The van der Waals surface area contributed by atoms with Crippen molar-refractivity contribution in [3.05, 3.63) is 0 Å². The van der Waals surface area contributed by atoms with Crippen LogP contribution >= 0.6 is 0 Å². The van der Waals surface area contributed by atoms with Crippen molar-refractivity contribution in [2.45, 2.75) is 46.1 Å². The summed E-state index contributed by atoms with van der Waals surface area (Å²) in [4.78, 5) is 11.6. The maximum atomic E-state index is 11.6. The highest BCUT2D eigenvalue weighted by atomic mass is 16.1. The molecule has 14 heavy (non-hydrogen) atoms. The van der Waals surface area contributed by atoms with E-state index in [0.717, 1.165) is 19.5 Å². The van der Waals surface area contributed by atoms with Crippen molar-refractivity contribution in [3.63, 3.8) is 0 Å². The van der Waals surface area contributed by atoms with Crippen molar-refractivity contribution in [1.82, 2.24) is 10.6 Å². The molecular weight excluding hydrogens is 176 g/mol. The normalized spacial score (nSPS) is 23.2. The Morgan fingerprint density at radius 3 is 2.71 bits per heavy atom. The predicted octanol–water partition coefficient (Wildman–Crippen LogP) is 1.29. The number of amides is 1. The minimum Gasteiger partial charge on any atom is -0.352 e. The molecule has 0 radical (unpaired) electrons. The number of carbonyl (C=O) groups is 1. The van der Waals surface area contributed by atoms with E-state index in [1.165, 1.54) is 6.42 Å². The molecule has 0 aliphatic carbocycles. The van der Waals surface area contributed by atoms with Crippen molar-refractivity contribution < 1.29 is 4.79 Å². The fraction of sp³-hybridized carbons (Fsp3) is 0.909. The first kappa shape index (κ1) is 11.5. The van der Waals surface area contributed by atoms with E-state index < -0.39 is 0 Å². The molecule has 3 nitrogen and oxygen atoms in total. The van der Waals surface area contributed by atoms with Crippen LogP contribution in [0.15, 0.2) is 0 Å². The smallest absolute Gasteiger partial charge is 0.220 e. The van der Waals surface area contributed by atoms with Crippen LogP contribution in [0.4, 0.5) is 0 Å². The van der Waals surface area contributed by atoms with Gasteiger partial charge in [0.15, 0.2) is 0 Å². The Bertz CT molecular complexity index is 190. The zero-order chi connectivity index (χ0) is 10.6. The summed E-state index contributed by atoms with van der Waals surface area (Å²) in [5, 5.41) is 6.36. The quantitative estimate of drug-likeness (QED) is 0.702. The van der Waals surface area contributed by atoms with Crippen molar-refractivity contribution in [3.8, 4) is 0 Å². The van der Waals surface area contributed by atoms with E-state index >= 15 is 0 Å². The summed E-state index contributed by atoms with van der Waals surface area (Å²) in [5.41, 5.74) is 0.0895. The molecule has 1 atom stereocenters. The number of hydrogen-bond acceptors (Lipinski definition) is 2. The van der Waals surface area contributed by atoms with Gasteiger partial charge in [0.2, 0.25) is 5.91 Å². The SMILES string of the molecule is CC(C)(C)CC(=O)NC1CCCNC1. The van der Waals surface area contributed by atoms with Crippen LogP contribution in [0.1, 0.15) is 40.0 Å². The average molecular weight is 198 g/mol. The van der Waals surface area contributed by atoms with E-state index in [2.05, 4.69) is 31.4 Å². The number of nitrogens with one attached hydrogen (secondary N) is 2. The third kappa shape index (κ3) is 4.61. The van der Waals surface area contributed by atoms with Crippen LogP contribution < -0.4 is 10.6 Å². The van der Waals surface area contributed by atoms with Crippen LogP contribution in [0, 0.1) is 5.41 Å². The first-order chi connectivity index (χ1) is 6.47. The summed E-state index contributed by atoms with van der Waals surface area (Å²) >= 11 is 0. The Kier molecular flexibility index (Phi) is 3.93. The molecule has 0 aromatic rings. The molecule has 1 rings (SSSR count). The van der Waals surface area contributed by atoms with Crippen LogP contribution in [0.3, 0.4) is 0 Å². The highest BCUT2D eigenvalue weighted by molar-refractivity contribution is 5.76. The highest BCUT2D eigenvalue weighted by Crippen LogP contribution is 2.18. The molecule has 1 fully saturated rings. The largest absolute Gasteiger partial charge is 0.352 e. The van der Waals surface area contributed by atoms with Crippen LogP contribution in [0.25, 0.3) is 0 Å². The van der Waals surface area contributed by atoms with Gasteiger partial charge >= 0.3 is 0 Å². The molecule has 0 spiro atoms. The Balaban J connectivity index is 2.25. The van der Waals surface area contributed by atoms with Gasteiger partial charge in [0, 0.05) is 19.0 Å². The Morgan fingerprint density at radius 1 is 1.50 bits per heavy atom. The fourth-order valence-electron chi connectivity index (χ4n) is 1.74. The standard InChI is InChI=1S/C11H22N2O/c1-11(2,3)7-10(14)13-9-5-4-6-12-8-9/h9,12H,4-8H2,1-3H3,(H,13,14). The molecule has 1 saturated heterocycles. The van der Waals surface area contributed by atoms with Gasteiger partial charge < -0.3 is 10.6 Å². The molecule has 0 saturated carbocycles. The van der Waals surface area contributed by atoms with Gasteiger partial charge in [-0.05, 0) is 24.8 Å². The zero-order valence-corrected chi connectivity index (χ0v) is 9.52. The lowest BCUT2D eigenvalue weighted by Gasteiger charge is -2.25. The summed E-state index contributed by atoms with van der Waals surface area (Å²) in [5.74, 6) is 0.186. The van der Waals surface area contributed by atoms with Crippen LogP contribution in [0.5, 0.6) is 0 Å². The maximum absolute atomic E-state index is 11.6. The van der Waals surface area contributed by atoms with E-state index in [1.54, 1.807) is 0 Å². The molecule has 1 heterocycles. The third-order valence-corrected chi connectivity index (χ3v) is 2.35. The molecule has 3 heteroatoms. The van der Waals surface area contributed by atoms with Crippen LogP contribution in [0.2, 0.25) is 0 Å². The van der Waals surface area contributed by atoms with Gasteiger partial charge in [-0.2, -0.15) is 0 Å². The first-order valence-corrected chi connectivity index (χ1v) is 5.47. The van der Waals surface area contributed by atoms with Crippen molar-refractivity contribution in [2.75, 3.05) is 13.1 Å². The van der Waals surface area contributed by atoms with E-state index in [4.69, 9.17) is 0 Å². The highest BCUT2D eigenvalue weighted by Gasteiger charge is 2.19. The summed E-state index contributed by atoms with van der Waals surface area (Å²) < 4.78 is 0. The number of hydrogen-bond donors (Lipinski definition) is 2. The molecule has 1 amide bonds. The lowest BCUT2D eigenvalue weighted by atomic mass is 9.91. The molecular formula is C11H22N2O. The summed E-state index contributed by atoms with van der Waals surface area (Å²) in [7, 11) is 0. The van der Waals surface area contributed by atoms with Crippen molar-refractivity contribution >= 4 is 5.91 Å². The minimum absolute atomic E-state index is 0.0895. The lowest BCUT2D eigenvalue weighted by molar-refractivity contribution is -0.123. The lowest BCUT2D eigenvalue weighted by Crippen LogP contribution is -2.46. The molecule has 82 valence electrons. The number of rotatable bonds is 2. The Labute approximate surface area is 86.6 Å². The van der Waals surface area contributed by atoms with E-state index in [1.807, 2.05) is 0 Å². The second-order valence-electron chi connectivity index (χ2n) is 5.35. The van der Waals surface area contributed by atoms with Crippen molar-refractivity contribution in [2.24, 2.45) is 5.41 Å². The average Bonchev–Trinajstić information content (AvgIpc) is 2.02. The number of carbonyl (C=O) groups excluding carboxylic acids is 1. The maximum Gasteiger partial charge on any atom is 0.220 e. The van der Waals surface area contributed by atoms with Gasteiger partial charge in [-0.15, -0.1) is 0 Å². The molecule has 1 aliphatic heterocycles. The molecule has 0 aromatic heterocycles. The molecule has 0 bridgehead atoms. The first-order valence-electron chi connectivity index (χ1n) is 5.47. The second-order valence-corrected chi connectivity index (χ2v) is 5.35. The van der Waals surface area contributed by atoms with Crippen LogP contribution in [-0.2, 0) is 4.79 Å². The van der Waals surface area contributed by atoms with Crippen molar-refractivity contribution in [1.29, 1.82) is 0 Å².